The lowest BCUT2D eigenvalue weighted by atomic mass is 9.85. The Hall–Kier alpha value is -1.08. The van der Waals surface area contributed by atoms with Crippen LogP contribution in [0.1, 0.15) is 52.7 Å². The average Bonchev–Trinajstić information content (AvgIpc) is 2.33. The molecular formula is C20H27Br. The van der Waals surface area contributed by atoms with Crippen LogP contribution in [0.3, 0.4) is 0 Å². The largest absolute Gasteiger partial charge is 0.0953 e. The fraction of sp³-hybridized carbons (Fsp3) is 0.400. The predicted molar refractivity (Wildman–Crippen MR) is 99.6 cm³/mol. The van der Waals surface area contributed by atoms with Crippen molar-refractivity contribution in [2.45, 2.75) is 47.0 Å². The smallest absolute Gasteiger partial charge is 0.0256 e. The molecule has 0 bridgehead atoms. The second-order valence-electron chi connectivity index (χ2n) is 7.58. The van der Waals surface area contributed by atoms with Gasteiger partial charge in [0.2, 0.25) is 0 Å². The Morgan fingerprint density at radius 3 is 2.00 bits per heavy atom. The van der Waals surface area contributed by atoms with Crippen molar-refractivity contribution in [3.63, 3.8) is 0 Å². The Kier molecular flexibility index (Phi) is 5.44. The van der Waals surface area contributed by atoms with Crippen molar-refractivity contribution in [2.24, 2.45) is 5.41 Å². The fourth-order valence-electron chi connectivity index (χ4n) is 1.78. The van der Waals surface area contributed by atoms with Crippen molar-refractivity contribution < 1.29 is 0 Å². The Labute approximate surface area is 138 Å². The molecule has 1 rings (SSSR count). The van der Waals surface area contributed by atoms with Crippen LogP contribution < -0.4 is 0 Å². The summed E-state index contributed by atoms with van der Waals surface area (Å²) in [5.74, 6) is 0. The Balaban J connectivity index is 3.00. The maximum Gasteiger partial charge on any atom is 0.0256 e. The molecule has 0 nitrogen and oxygen atoms in total. The summed E-state index contributed by atoms with van der Waals surface area (Å²) in [7, 11) is 0. The number of halogens is 1. The van der Waals surface area contributed by atoms with E-state index in [2.05, 4.69) is 94.9 Å². The summed E-state index contributed by atoms with van der Waals surface area (Å²) >= 11 is 3.67. The summed E-state index contributed by atoms with van der Waals surface area (Å²) in [4.78, 5) is 0. The topological polar surface area (TPSA) is 0 Å². The summed E-state index contributed by atoms with van der Waals surface area (Å²) < 4.78 is 1.09. The van der Waals surface area contributed by atoms with Gasteiger partial charge in [-0.3, -0.25) is 0 Å². The normalized spacial score (nSPS) is 12.7. The van der Waals surface area contributed by atoms with Gasteiger partial charge in [-0.05, 0) is 39.2 Å². The van der Waals surface area contributed by atoms with Crippen LogP contribution >= 0.6 is 15.9 Å². The van der Waals surface area contributed by atoms with Crippen LogP contribution in [0.2, 0.25) is 0 Å². The fourth-order valence-corrected chi connectivity index (χ4v) is 2.42. The van der Waals surface area contributed by atoms with Gasteiger partial charge in [0.15, 0.2) is 0 Å². The van der Waals surface area contributed by atoms with Gasteiger partial charge in [-0.25, -0.2) is 0 Å². The van der Waals surface area contributed by atoms with Crippen molar-refractivity contribution in [3.8, 4) is 0 Å². The highest BCUT2D eigenvalue weighted by Crippen LogP contribution is 2.31. The third-order valence-electron chi connectivity index (χ3n) is 3.63. The Bertz CT molecular complexity index is 575. The molecule has 0 aromatic heterocycles. The summed E-state index contributed by atoms with van der Waals surface area (Å²) in [6, 6.07) is 6.50. The highest BCUT2D eigenvalue weighted by Gasteiger charge is 2.15. The van der Waals surface area contributed by atoms with E-state index in [-0.39, 0.29) is 10.8 Å². The van der Waals surface area contributed by atoms with E-state index >= 15 is 0 Å². The summed E-state index contributed by atoms with van der Waals surface area (Å²) in [6.07, 6.45) is 4.11. The zero-order valence-electron chi connectivity index (χ0n) is 14.2. The number of hydrogen-bond acceptors (Lipinski definition) is 0. The molecular weight excluding hydrogens is 320 g/mol. The molecule has 1 heteroatoms. The van der Waals surface area contributed by atoms with Crippen LogP contribution in [-0.2, 0) is 5.41 Å². The van der Waals surface area contributed by atoms with E-state index in [1.54, 1.807) is 0 Å². The molecule has 0 unspecified atom stereocenters. The van der Waals surface area contributed by atoms with Gasteiger partial charge in [-0.2, -0.15) is 0 Å². The lowest BCUT2D eigenvalue weighted by Crippen LogP contribution is -2.11. The molecule has 0 spiro atoms. The number of allylic oxidation sites excluding steroid dienone is 4. The van der Waals surface area contributed by atoms with Gasteiger partial charge in [0.25, 0.3) is 0 Å². The van der Waals surface area contributed by atoms with E-state index in [4.69, 9.17) is 0 Å². The quantitative estimate of drug-likeness (QED) is 0.521. The first-order chi connectivity index (χ1) is 9.43. The van der Waals surface area contributed by atoms with E-state index < -0.39 is 0 Å². The third-order valence-corrected chi connectivity index (χ3v) is 4.29. The summed E-state index contributed by atoms with van der Waals surface area (Å²) in [6.45, 7) is 21.4. The predicted octanol–water partition coefficient (Wildman–Crippen LogP) is 6.92. The second-order valence-corrected chi connectivity index (χ2v) is 8.43. The van der Waals surface area contributed by atoms with Gasteiger partial charge in [-0.15, -0.1) is 0 Å². The van der Waals surface area contributed by atoms with Crippen molar-refractivity contribution >= 4 is 21.5 Å². The van der Waals surface area contributed by atoms with Crippen LogP contribution in [0.5, 0.6) is 0 Å². The molecule has 0 saturated heterocycles. The summed E-state index contributed by atoms with van der Waals surface area (Å²) in [5.41, 5.74) is 4.77. The van der Waals surface area contributed by atoms with Crippen molar-refractivity contribution in [1.82, 2.24) is 0 Å². The Morgan fingerprint density at radius 2 is 1.57 bits per heavy atom. The molecule has 0 heterocycles. The standard InChI is InChI=1S/C20H27Br/c1-14(9-10-15(2)19(3,4)5)17-12-11-16(13-18(17)21)20(6,7)8/h9-13H,1-2H2,3-8H3/b10-9-. The van der Waals surface area contributed by atoms with E-state index in [1.165, 1.54) is 5.56 Å². The molecule has 0 aliphatic heterocycles. The maximum absolute atomic E-state index is 4.17. The summed E-state index contributed by atoms with van der Waals surface area (Å²) in [5, 5.41) is 0. The maximum atomic E-state index is 4.17. The number of hydrogen-bond donors (Lipinski definition) is 0. The van der Waals surface area contributed by atoms with Crippen LogP contribution in [0.4, 0.5) is 0 Å². The van der Waals surface area contributed by atoms with Gasteiger partial charge in [-0.1, -0.05) is 94.9 Å². The second kappa shape index (κ2) is 6.36. The van der Waals surface area contributed by atoms with Gasteiger partial charge in [0.05, 0.1) is 0 Å². The third kappa shape index (κ3) is 5.00. The molecule has 0 atom stereocenters. The molecule has 0 radical (unpaired) electrons. The van der Waals surface area contributed by atoms with Gasteiger partial charge in [0, 0.05) is 4.47 Å². The lowest BCUT2D eigenvalue weighted by Gasteiger charge is -2.20. The molecule has 0 saturated carbocycles. The molecule has 0 amide bonds. The first-order valence-electron chi connectivity index (χ1n) is 7.29. The van der Waals surface area contributed by atoms with E-state index in [0.29, 0.717) is 0 Å². The first-order valence-corrected chi connectivity index (χ1v) is 8.09. The molecule has 114 valence electrons. The molecule has 1 aromatic rings. The number of rotatable bonds is 3. The highest BCUT2D eigenvalue weighted by molar-refractivity contribution is 9.10. The minimum Gasteiger partial charge on any atom is -0.0953 e. The molecule has 0 aliphatic carbocycles. The molecule has 0 N–H and O–H groups in total. The van der Waals surface area contributed by atoms with Gasteiger partial charge in [0.1, 0.15) is 0 Å². The van der Waals surface area contributed by atoms with E-state index in [1.807, 2.05) is 6.08 Å². The van der Waals surface area contributed by atoms with Gasteiger partial charge >= 0.3 is 0 Å². The monoisotopic (exact) mass is 346 g/mol. The molecule has 0 fully saturated rings. The molecule has 21 heavy (non-hydrogen) atoms. The van der Waals surface area contributed by atoms with Crippen LogP contribution in [0.25, 0.3) is 5.57 Å². The Morgan fingerprint density at radius 1 is 1.00 bits per heavy atom. The zero-order chi connectivity index (χ0) is 16.4. The molecule has 0 aliphatic rings. The van der Waals surface area contributed by atoms with Crippen LogP contribution in [0.15, 0.2) is 53.6 Å². The van der Waals surface area contributed by atoms with Crippen molar-refractivity contribution in [2.75, 3.05) is 0 Å². The van der Waals surface area contributed by atoms with E-state index in [9.17, 15) is 0 Å². The first kappa shape index (κ1) is 18.0. The highest BCUT2D eigenvalue weighted by atomic mass is 79.9. The van der Waals surface area contributed by atoms with Crippen molar-refractivity contribution in [1.29, 1.82) is 0 Å². The van der Waals surface area contributed by atoms with Crippen LogP contribution in [0, 0.1) is 5.41 Å². The number of benzene rings is 1. The van der Waals surface area contributed by atoms with Gasteiger partial charge < -0.3 is 0 Å². The van der Waals surface area contributed by atoms with Crippen molar-refractivity contribution in [3.05, 3.63) is 64.7 Å². The average molecular weight is 347 g/mol. The minimum atomic E-state index is 0.0874. The molecule has 1 aromatic carbocycles. The zero-order valence-corrected chi connectivity index (χ0v) is 15.8. The lowest BCUT2D eigenvalue weighted by molar-refractivity contribution is 0.519. The van der Waals surface area contributed by atoms with E-state index in [0.717, 1.165) is 21.2 Å². The van der Waals surface area contributed by atoms with Crippen LogP contribution in [-0.4, -0.2) is 0 Å². The SMILES string of the molecule is C=C(/C=C\C(=C)C(C)(C)C)c1ccc(C(C)(C)C)cc1Br. The minimum absolute atomic E-state index is 0.0874.